The zero-order valence-electron chi connectivity index (χ0n) is 14.3. The molecule has 0 radical (unpaired) electrons. The van der Waals surface area contributed by atoms with Gasteiger partial charge in [-0.15, -0.1) is 0 Å². The van der Waals surface area contributed by atoms with Gasteiger partial charge in [-0.1, -0.05) is 41.9 Å². The highest BCUT2D eigenvalue weighted by atomic mass is 35.5. The van der Waals surface area contributed by atoms with Crippen molar-refractivity contribution in [3.05, 3.63) is 80.7 Å². The molecule has 0 spiro atoms. The highest BCUT2D eigenvalue weighted by Gasteiger charge is 2.26. The Morgan fingerprint density at radius 2 is 1.96 bits per heavy atom. The summed E-state index contributed by atoms with van der Waals surface area (Å²) in [5, 5.41) is 10.4. The molecule has 0 atom stereocenters. The molecule has 0 saturated carbocycles. The van der Waals surface area contributed by atoms with E-state index in [0.717, 1.165) is 5.56 Å². The fourth-order valence-corrected chi connectivity index (χ4v) is 3.37. The number of hydrogen-bond acceptors (Lipinski definition) is 4. The van der Waals surface area contributed by atoms with E-state index in [1.165, 1.54) is 12.1 Å². The summed E-state index contributed by atoms with van der Waals surface area (Å²) in [5.41, 5.74) is 1.97. The first-order valence-electron chi connectivity index (χ1n) is 8.48. The molecular weight excluding hydrogens is 366 g/mol. The molecule has 27 heavy (non-hydrogen) atoms. The minimum Gasteiger partial charge on any atom is -0.507 e. The van der Waals surface area contributed by atoms with Gasteiger partial charge < -0.3 is 15.0 Å². The monoisotopic (exact) mass is 381 g/mol. The van der Waals surface area contributed by atoms with Crippen LogP contribution in [-0.2, 0) is 13.0 Å². The van der Waals surface area contributed by atoms with Crippen molar-refractivity contribution in [1.82, 2.24) is 14.9 Å². The second-order valence-electron chi connectivity index (χ2n) is 6.34. The Balaban J connectivity index is 1.67. The van der Waals surface area contributed by atoms with E-state index in [4.69, 9.17) is 11.6 Å². The van der Waals surface area contributed by atoms with Crippen LogP contribution < -0.4 is 5.56 Å². The van der Waals surface area contributed by atoms with Crippen LogP contribution in [0.3, 0.4) is 0 Å². The lowest BCUT2D eigenvalue weighted by atomic mass is 10.0. The van der Waals surface area contributed by atoms with Crippen molar-refractivity contribution in [2.45, 2.75) is 13.0 Å². The lowest BCUT2D eigenvalue weighted by Gasteiger charge is -2.28. The summed E-state index contributed by atoms with van der Waals surface area (Å²) in [6.45, 7) is 0.587. The van der Waals surface area contributed by atoms with E-state index < -0.39 is 0 Å². The average molecular weight is 382 g/mol. The molecule has 0 unspecified atom stereocenters. The summed E-state index contributed by atoms with van der Waals surface area (Å²) >= 11 is 5.83. The van der Waals surface area contributed by atoms with Crippen LogP contribution in [0.15, 0.2) is 53.3 Å². The third kappa shape index (κ3) is 3.31. The molecular formula is C20H16ClN3O3. The van der Waals surface area contributed by atoms with Crippen LogP contribution in [0, 0.1) is 0 Å². The van der Waals surface area contributed by atoms with Gasteiger partial charge in [0.1, 0.15) is 11.6 Å². The summed E-state index contributed by atoms with van der Waals surface area (Å²) < 4.78 is 0. The zero-order valence-corrected chi connectivity index (χ0v) is 15.0. The van der Waals surface area contributed by atoms with Gasteiger partial charge in [0.05, 0.1) is 17.8 Å². The van der Waals surface area contributed by atoms with E-state index in [0.29, 0.717) is 35.1 Å². The summed E-state index contributed by atoms with van der Waals surface area (Å²) in [5.74, 6) is -0.0108. The van der Waals surface area contributed by atoms with Gasteiger partial charge in [0.25, 0.3) is 11.5 Å². The number of nitrogens with one attached hydrogen (secondary N) is 1. The molecule has 3 aromatic rings. The highest BCUT2D eigenvalue weighted by Crippen LogP contribution is 2.25. The van der Waals surface area contributed by atoms with Gasteiger partial charge in [0.2, 0.25) is 0 Å². The Hall–Kier alpha value is -3.12. The summed E-state index contributed by atoms with van der Waals surface area (Å²) in [4.78, 5) is 34.2. The number of aromatic amines is 1. The third-order valence-electron chi connectivity index (χ3n) is 4.60. The van der Waals surface area contributed by atoms with Crippen molar-refractivity contribution in [2.24, 2.45) is 0 Å². The average Bonchev–Trinajstić information content (AvgIpc) is 2.67. The van der Waals surface area contributed by atoms with Crippen LogP contribution in [-0.4, -0.2) is 32.4 Å². The molecule has 1 aromatic heterocycles. The second-order valence-corrected chi connectivity index (χ2v) is 6.78. The molecule has 1 aliphatic rings. The van der Waals surface area contributed by atoms with Crippen molar-refractivity contribution < 1.29 is 9.90 Å². The van der Waals surface area contributed by atoms with Gasteiger partial charge in [0, 0.05) is 22.7 Å². The fourth-order valence-electron chi connectivity index (χ4n) is 3.20. The van der Waals surface area contributed by atoms with E-state index in [1.54, 1.807) is 11.0 Å². The number of carbonyl (C=O) groups excluding carboxylic acids is 1. The van der Waals surface area contributed by atoms with Crippen molar-refractivity contribution in [3.8, 4) is 17.1 Å². The summed E-state index contributed by atoms with van der Waals surface area (Å²) in [7, 11) is 0. The van der Waals surface area contributed by atoms with E-state index >= 15 is 0 Å². The molecule has 0 saturated heterocycles. The van der Waals surface area contributed by atoms with Crippen molar-refractivity contribution in [2.75, 3.05) is 6.54 Å². The van der Waals surface area contributed by atoms with Gasteiger partial charge in [-0.2, -0.15) is 0 Å². The molecule has 0 aliphatic carbocycles. The summed E-state index contributed by atoms with van der Waals surface area (Å²) in [6.07, 6.45) is 0.410. The predicted molar refractivity (Wildman–Crippen MR) is 102 cm³/mol. The van der Waals surface area contributed by atoms with Crippen molar-refractivity contribution in [3.63, 3.8) is 0 Å². The van der Waals surface area contributed by atoms with E-state index in [9.17, 15) is 14.7 Å². The minimum atomic E-state index is -0.321. The third-order valence-corrected chi connectivity index (χ3v) is 4.83. The van der Waals surface area contributed by atoms with Crippen LogP contribution in [0.2, 0.25) is 5.02 Å². The van der Waals surface area contributed by atoms with Crippen molar-refractivity contribution in [1.29, 1.82) is 0 Å². The number of hydrogen-bond donors (Lipinski definition) is 2. The molecule has 136 valence electrons. The van der Waals surface area contributed by atoms with Gasteiger partial charge in [-0.05, 0) is 24.6 Å². The Labute approximate surface area is 160 Å². The smallest absolute Gasteiger partial charge is 0.257 e. The number of fused-ring (bicyclic) bond motifs is 1. The maximum Gasteiger partial charge on any atom is 0.257 e. The van der Waals surface area contributed by atoms with Crippen LogP contribution in [0.5, 0.6) is 5.75 Å². The van der Waals surface area contributed by atoms with Gasteiger partial charge in [-0.25, -0.2) is 4.98 Å². The SMILES string of the molecule is O=C(c1ccc(Cl)cc1O)N1CCc2c(nc(-c3ccccc3)[nH]c2=O)C1. The number of aromatic nitrogens is 2. The molecule has 2 heterocycles. The van der Waals surface area contributed by atoms with Crippen LogP contribution in [0.25, 0.3) is 11.4 Å². The van der Waals surface area contributed by atoms with Crippen LogP contribution >= 0.6 is 11.6 Å². The van der Waals surface area contributed by atoms with Crippen molar-refractivity contribution >= 4 is 17.5 Å². The second kappa shape index (κ2) is 6.89. The number of nitrogens with zero attached hydrogens (tertiary/aromatic N) is 2. The highest BCUT2D eigenvalue weighted by molar-refractivity contribution is 6.30. The first-order valence-corrected chi connectivity index (χ1v) is 8.86. The first-order chi connectivity index (χ1) is 13.0. The van der Waals surface area contributed by atoms with Gasteiger partial charge >= 0.3 is 0 Å². The Morgan fingerprint density at radius 3 is 2.70 bits per heavy atom. The minimum absolute atomic E-state index is 0.165. The predicted octanol–water partition coefficient (Wildman–Crippen LogP) is 2.99. The number of H-pyrrole nitrogens is 1. The quantitative estimate of drug-likeness (QED) is 0.714. The number of benzene rings is 2. The number of aromatic hydroxyl groups is 1. The largest absolute Gasteiger partial charge is 0.507 e. The van der Waals surface area contributed by atoms with Gasteiger partial charge in [0.15, 0.2) is 0 Å². The van der Waals surface area contributed by atoms with Crippen LogP contribution in [0.1, 0.15) is 21.6 Å². The van der Waals surface area contributed by atoms with E-state index in [2.05, 4.69) is 9.97 Å². The zero-order chi connectivity index (χ0) is 19.0. The molecule has 0 fully saturated rings. The Morgan fingerprint density at radius 1 is 1.19 bits per heavy atom. The molecule has 1 aliphatic heterocycles. The van der Waals surface area contributed by atoms with E-state index in [-0.39, 0.29) is 29.3 Å². The number of amides is 1. The number of phenolic OH excluding ortho intramolecular Hbond substituents is 1. The fraction of sp³-hybridized carbons (Fsp3) is 0.150. The van der Waals surface area contributed by atoms with Gasteiger partial charge in [-0.3, -0.25) is 9.59 Å². The molecule has 1 amide bonds. The Kier molecular flexibility index (Phi) is 4.41. The van der Waals surface area contributed by atoms with E-state index in [1.807, 2.05) is 30.3 Å². The molecule has 4 rings (SSSR count). The standard InChI is InChI=1S/C20H16ClN3O3/c21-13-6-7-15(17(25)10-13)20(27)24-9-8-14-16(11-24)22-18(23-19(14)26)12-4-2-1-3-5-12/h1-7,10,25H,8-9,11H2,(H,22,23,26). The number of halogens is 1. The number of phenols is 1. The summed E-state index contributed by atoms with van der Waals surface area (Å²) in [6, 6.07) is 13.7. The Bertz CT molecular complexity index is 1080. The maximum atomic E-state index is 12.8. The molecule has 6 nitrogen and oxygen atoms in total. The number of rotatable bonds is 2. The molecule has 2 aromatic carbocycles. The topological polar surface area (TPSA) is 86.3 Å². The molecule has 7 heteroatoms. The number of carbonyl (C=O) groups is 1. The maximum absolute atomic E-state index is 12.8. The molecule has 0 bridgehead atoms. The lowest BCUT2D eigenvalue weighted by Crippen LogP contribution is -2.39. The molecule has 2 N–H and O–H groups in total. The normalized spacial score (nSPS) is 13.3. The van der Waals surface area contributed by atoms with Crippen LogP contribution in [0.4, 0.5) is 0 Å². The first kappa shape index (κ1) is 17.3. The lowest BCUT2D eigenvalue weighted by molar-refractivity contribution is 0.0728.